The van der Waals surface area contributed by atoms with Gasteiger partial charge in [-0.1, -0.05) is 22.9 Å². The molecule has 0 saturated heterocycles. The van der Waals surface area contributed by atoms with Crippen LogP contribution in [0.5, 0.6) is 0 Å². The molecule has 0 unspecified atom stereocenters. The molecule has 2 rings (SSSR count). The normalized spacial score (nSPS) is 16.5. The minimum absolute atomic E-state index is 0.475. The Morgan fingerprint density at radius 2 is 2.42 bits per heavy atom. The van der Waals surface area contributed by atoms with Crippen molar-refractivity contribution in [2.24, 2.45) is 5.73 Å². The Morgan fingerprint density at radius 1 is 1.67 bits per heavy atom. The summed E-state index contributed by atoms with van der Waals surface area (Å²) in [6.07, 6.45) is 2.49. The SMILES string of the molecule is NCc1sc(NC2CC2)nc1Cl. The Bertz CT molecular complexity index is 282. The average Bonchev–Trinajstić information content (AvgIpc) is 2.76. The number of hydrogen-bond acceptors (Lipinski definition) is 4. The molecule has 0 bridgehead atoms. The van der Waals surface area contributed by atoms with Crippen molar-refractivity contribution >= 4 is 28.1 Å². The second-order valence-corrected chi connectivity index (χ2v) is 4.30. The largest absolute Gasteiger partial charge is 0.359 e. The molecule has 1 saturated carbocycles. The number of thiazole rings is 1. The van der Waals surface area contributed by atoms with Crippen molar-refractivity contribution < 1.29 is 0 Å². The Hall–Kier alpha value is -0.320. The first-order valence-corrected chi connectivity index (χ1v) is 5.11. The van der Waals surface area contributed by atoms with Crippen molar-refractivity contribution in [1.82, 2.24) is 4.98 Å². The first-order chi connectivity index (χ1) is 5.79. The fraction of sp³-hybridized carbons (Fsp3) is 0.571. The van der Waals surface area contributed by atoms with Gasteiger partial charge in [0.2, 0.25) is 0 Å². The highest BCUT2D eigenvalue weighted by atomic mass is 35.5. The average molecular weight is 204 g/mol. The van der Waals surface area contributed by atoms with Gasteiger partial charge in [0.15, 0.2) is 5.13 Å². The van der Waals surface area contributed by atoms with Gasteiger partial charge >= 0.3 is 0 Å². The molecule has 0 aliphatic heterocycles. The van der Waals surface area contributed by atoms with E-state index >= 15 is 0 Å². The van der Waals surface area contributed by atoms with E-state index in [-0.39, 0.29) is 0 Å². The zero-order valence-corrected chi connectivity index (χ0v) is 8.08. The van der Waals surface area contributed by atoms with Gasteiger partial charge in [-0.05, 0) is 12.8 Å². The standard InChI is InChI=1S/C7H10ClN3S/c8-6-5(3-9)12-7(11-6)10-4-1-2-4/h4H,1-3,9H2,(H,10,11). The van der Waals surface area contributed by atoms with Crippen LogP contribution in [0.3, 0.4) is 0 Å². The lowest BCUT2D eigenvalue weighted by Gasteiger charge is -1.94. The second-order valence-electron chi connectivity index (χ2n) is 2.86. The Balaban J connectivity index is 2.10. The van der Waals surface area contributed by atoms with Crippen LogP contribution >= 0.6 is 22.9 Å². The third kappa shape index (κ3) is 1.71. The lowest BCUT2D eigenvalue weighted by atomic mass is 10.6. The van der Waals surface area contributed by atoms with E-state index in [4.69, 9.17) is 17.3 Å². The first kappa shape index (κ1) is 8.29. The fourth-order valence-electron chi connectivity index (χ4n) is 0.923. The van der Waals surface area contributed by atoms with Gasteiger partial charge in [-0.3, -0.25) is 0 Å². The van der Waals surface area contributed by atoms with Gasteiger partial charge in [0.05, 0.1) is 4.88 Å². The molecule has 1 aromatic heterocycles. The van der Waals surface area contributed by atoms with E-state index in [1.54, 1.807) is 11.3 Å². The number of anilines is 1. The van der Waals surface area contributed by atoms with Gasteiger partial charge in [0.1, 0.15) is 5.15 Å². The zero-order valence-electron chi connectivity index (χ0n) is 6.51. The molecule has 0 aromatic carbocycles. The van der Waals surface area contributed by atoms with Crippen LogP contribution < -0.4 is 11.1 Å². The maximum absolute atomic E-state index is 5.83. The number of hydrogen-bond donors (Lipinski definition) is 2. The van der Waals surface area contributed by atoms with Crippen molar-refractivity contribution in [3.8, 4) is 0 Å². The topological polar surface area (TPSA) is 50.9 Å². The summed E-state index contributed by atoms with van der Waals surface area (Å²) in [4.78, 5) is 5.11. The summed E-state index contributed by atoms with van der Waals surface area (Å²) in [6, 6.07) is 0.623. The minimum Gasteiger partial charge on any atom is -0.359 e. The van der Waals surface area contributed by atoms with E-state index in [0.717, 1.165) is 10.0 Å². The Morgan fingerprint density at radius 3 is 2.92 bits per heavy atom. The number of nitrogens with two attached hydrogens (primary N) is 1. The van der Waals surface area contributed by atoms with Gasteiger partial charge in [0.25, 0.3) is 0 Å². The number of halogens is 1. The van der Waals surface area contributed by atoms with Crippen LogP contribution in [-0.4, -0.2) is 11.0 Å². The number of nitrogens with zero attached hydrogens (tertiary/aromatic N) is 1. The molecular formula is C7H10ClN3S. The quantitative estimate of drug-likeness (QED) is 0.788. The molecule has 1 aliphatic rings. The van der Waals surface area contributed by atoms with E-state index in [2.05, 4.69) is 10.3 Å². The van der Waals surface area contributed by atoms with Gasteiger partial charge in [-0.15, -0.1) is 0 Å². The van der Waals surface area contributed by atoms with E-state index in [0.29, 0.717) is 17.7 Å². The van der Waals surface area contributed by atoms with Crippen molar-refractivity contribution in [3.05, 3.63) is 10.0 Å². The van der Waals surface area contributed by atoms with Crippen molar-refractivity contribution in [2.45, 2.75) is 25.4 Å². The highest BCUT2D eigenvalue weighted by molar-refractivity contribution is 7.16. The molecular weight excluding hydrogens is 194 g/mol. The molecule has 1 aromatic rings. The molecule has 1 aliphatic carbocycles. The number of nitrogens with one attached hydrogen (secondary N) is 1. The highest BCUT2D eigenvalue weighted by Crippen LogP contribution is 2.30. The number of aromatic nitrogens is 1. The fourth-order valence-corrected chi connectivity index (χ4v) is 2.06. The van der Waals surface area contributed by atoms with Crippen molar-refractivity contribution in [2.75, 3.05) is 5.32 Å². The van der Waals surface area contributed by atoms with Crippen LogP contribution in [0.4, 0.5) is 5.13 Å². The molecule has 0 amide bonds. The summed E-state index contributed by atoms with van der Waals surface area (Å²) >= 11 is 7.38. The van der Waals surface area contributed by atoms with Gasteiger partial charge in [0, 0.05) is 12.6 Å². The Labute approximate surface area is 79.9 Å². The van der Waals surface area contributed by atoms with Crippen LogP contribution in [0.2, 0.25) is 5.15 Å². The van der Waals surface area contributed by atoms with Crippen molar-refractivity contribution in [1.29, 1.82) is 0 Å². The summed E-state index contributed by atoms with van der Waals surface area (Å²) in [5, 5.41) is 4.73. The van der Waals surface area contributed by atoms with Crippen LogP contribution in [0.15, 0.2) is 0 Å². The highest BCUT2D eigenvalue weighted by Gasteiger charge is 2.22. The molecule has 1 fully saturated rings. The van der Waals surface area contributed by atoms with Gasteiger partial charge in [-0.2, -0.15) is 0 Å². The Kier molecular flexibility index (Phi) is 2.21. The molecule has 0 atom stereocenters. The predicted molar refractivity (Wildman–Crippen MR) is 51.7 cm³/mol. The molecule has 66 valence electrons. The molecule has 3 N–H and O–H groups in total. The molecule has 0 radical (unpaired) electrons. The molecule has 5 heteroatoms. The second kappa shape index (κ2) is 3.20. The summed E-state index contributed by atoms with van der Waals surface area (Å²) in [6.45, 7) is 0.475. The molecule has 12 heavy (non-hydrogen) atoms. The predicted octanol–water partition coefficient (Wildman–Crippen LogP) is 1.83. The monoisotopic (exact) mass is 203 g/mol. The maximum Gasteiger partial charge on any atom is 0.184 e. The van der Waals surface area contributed by atoms with Gasteiger partial charge < -0.3 is 11.1 Å². The molecule has 0 spiro atoms. The van der Waals surface area contributed by atoms with E-state index in [1.165, 1.54) is 12.8 Å². The summed E-state index contributed by atoms with van der Waals surface area (Å²) in [5.41, 5.74) is 5.47. The minimum atomic E-state index is 0.475. The van der Waals surface area contributed by atoms with Crippen LogP contribution in [0.25, 0.3) is 0 Å². The lowest BCUT2D eigenvalue weighted by molar-refractivity contribution is 1.09. The molecule has 3 nitrogen and oxygen atoms in total. The van der Waals surface area contributed by atoms with Crippen molar-refractivity contribution in [3.63, 3.8) is 0 Å². The number of rotatable bonds is 3. The van der Waals surface area contributed by atoms with Gasteiger partial charge in [-0.25, -0.2) is 4.98 Å². The van der Waals surface area contributed by atoms with E-state index in [1.807, 2.05) is 0 Å². The van der Waals surface area contributed by atoms with E-state index < -0.39 is 0 Å². The molecule has 1 heterocycles. The van der Waals surface area contributed by atoms with E-state index in [9.17, 15) is 0 Å². The summed E-state index contributed by atoms with van der Waals surface area (Å²) in [5.74, 6) is 0. The summed E-state index contributed by atoms with van der Waals surface area (Å²) < 4.78 is 0. The lowest BCUT2D eigenvalue weighted by Crippen LogP contribution is -1.99. The maximum atomic E-state index is 5.83. The third-order valence-corrected chi connectivity index (χ3v) is 3.17. The van der Waals surface area contributed by atoms with Crippen LogP contribution in [-0.2, 0) is 6.54 Å². The third-order valence-electron chi connectivity index (χ3n) is 1.74. The van der Waals surface area contributed by atoms with Crippen LogP contribution in [0.1, 0.15) is 17.7 Å². The zero-order chi connectivity index (χ0) is 8.55. The first-order valence-electron chi connectivity index (χ1n) is 3.91. The summed E-state index contributed by atoms with van der Waals surface area (Å²) in [7, 11) is 0. The van der Waals surface area contributed by atoms with Crippen LogP contribution in [0, 0.1) is 0 Å². The smallest absolute Gasteiger partial charge is 0.184 e.